The van der Waals surface area contributed by atoms with Gasteiger partial charge in [-0.25, -0.2) is 0 Å². The third-order valence-electron chi connectivity index (χ3n) is 5.64. The molecular weight excluding hydrogens is 254 g/mol. The topological polar surface area (TPSA) is 47.0 Å². The monoisotopic (exact) mass is 281 g/mol. The van der Waals surface area contributed by atoms with E-state index in [0.717, 1.165) is 44.3 Å². The van der Waals surface area contributed by atoms with Crippen LogP contribution in [0.4, 0.5) is 0 Å². The molecule has 2 atom stereocenters. The van der Waals surface area contributed by atoms with Gasteiger partial charge in [-0.1, -0.05) is 0 Å². The van der Waals surface area contributed by atoms with Crippen LogP contribution in [0.5, 0.6) is 0 Å². The summed E-state index contributed by atoms with van der Waals surface area (Å²) in [5, 5.41) is 8.75. The molecule has 0 amide bonds. The van der Waals surface area contributed by atoms with Crippen molar-refractivity contribution in [3.63, 3.8) is 0 Å². The number of carboxylic acid groups (broad SMARTS) is 1. The molecule has 114 valence electrons. The zero-order chi connectivity index (χ0) is 14.1. The van der Waals surface area contributed by atoms with Gasteiger partial charge in [0.25, 0.3) is 0 Å². The molecule has 0 aliphatic carbocycles. The first-order valence-electron chi connectivity index (χ1n) is 8.03. The highest BCUT2D eigenvalue weighted by Crippen LogP contribution is 2.36. The molecule has 0 radical (unpaired) electrons. The molecule has 0 aromatic rings. The number of hydrogen-bond acceptors (Lipinski definition) is 4. The van der Waals surface area contributed by atoms with Gasteiger partial charge in [0.1, 0.15) is 0 Å². The molecule has 0 aromatic carbocycles. The molecule has 0 saturated carbocycles. The number of fused-ring (bicyclic) bond motifs is 2. The molecular formula is C15H27N3O2. The lowest BCUT2D eigenvalue weighted by molar-refractivity contribution is -0.137. The van der Waals surface area contributed by atoms with E-state index in [1.54, 1.807) is 0 Å². The molecule has 3 aliphatic heterocycles. The van der Waals surface area contributed by atoms with E-state index >= 15 is 0 Å². The minimum absolute atomic E-state index is 0.276. The number of piperidine rings is 1. The average Bonchev–Trinajstić information content (AvgIpc) is 2.67. The molecule has 3 aliphatic rings. The van der Waals surface area contributed by atoms with Crippen molar-refractivity contribution in [3.05, 3.63) is 0 Å². The summed E-state index contributed by atoms with van der Waals surface area (Å²) in [4.78, 5) is 18.2. The lowest BCUT2D eigenvalue weighted by atomic mass is 9.96. The third-order valence-corrected chi connectivity index (χ3v) is 5.64. The van der Waals surface area contributed by atoms with Gasteiger partial charge in [0, 0.05) is 50.8 Å². The second-order valence-electron chi connectivity index (χ2n) is 6.70. The lowest BCUT2D eigenvalue weighted by Crippen LogP contribution is -2.55. The van der Waals surface area contributed by atoms with E-state index in [-0.39, 0.29) is 6.42 Å². The maximum absolute atomic E-state index is 10.6. The second kappa shape index (κ2) is 6.00. The van der Waals surface area contributed by atoms with Gasteiger partial charge in [0.2, 0.25) is 0 Å². The van der Waals surface area contributed by atoms with Crippen molar-refractivity contribution in [3.8, 4) is 0 Å². The van der Waals surface area contributed by atoms with E-state index < -0.39 is 5.97 Å². The van der Waals surface area contributed by atoms with Gasteiger partial charge in [-0.3, -0.25) is 9.69 Å². The fourth-order valence-electron chi connectivity index (χ4n) is 4.29. The van der Waals surface area contributed by atoms with Gasteiger partial charge < -0.3 is 14.9 Å². The Morgan fingerprint density at radius 2 is 1.65 bits per heavy atom. The number of hydrogen-bond donors (Lipinski definition) is 1. The van der Waals surface area contributed by atoms with Crippen LogP contribution in [0.2, 0.25) is 0 Å². The molecule has 20 heavy (non-hydrogen) atoms. The van der Waals surface area contributed by atoms with Crippen molar-refractivity contribution < 1.29 is 9.90 Å². The van der Waals surface area contributed by atoms with E-state index in [4.69, 9.17) is 5.11 Å². The first kappa shape index (κ1) is 14.3. The van der Waals surface area contributed by atoms with Crippen LogP contribution in [0.3, 0.4) is 0 Å². The largest absolute Gasteiger partial charge is 0.481 e. The third kappa shape index (κ3) is 3.00. The molecule has 3 fully saturated rings. The van der Waals surface area contributed by atoms with Crippen LogP contribution >= 0.6 is 0 Å². The SMILES string of the molecule is CN1C2CCC1CC(N1CCN(CCC(=O)O)CC1)C2. The summed E-state index contributed by atoms with van der Waals surface area (Å²) in [5.74, 6) is -0.681. The Morgan fingerprint density at radius 3 is 2.20 bits per heavy atom. The Labute approximate surface area is 121 Å². The van der Waals surface area contributed by atoms with Crippen LogP contribution in [-0.4, -0.2) is 83.7 Å². The van der Waals surface area contributed by atoms with Crippen molar-refractivity contribution in [2.45, 2.75) is 50.2 Å². The molecule has 3 rings (SSSR count). The zero-order valence-electron chi connectivity index (χ0n) is 12.5. The Hall–Kier alpha value is -0.650. The normalized spacial score (nSPS) is 36.4. The van der Waals surface area contributed by atoms with Gasteiger partial charge in [-0.15, -0.1) is 0 Å². The molecule has 3 heterocycles. The summed E-state index contributed by atoms with van der Waals surface area (Å²) in [6, 6.07) is 2.39. The Morgan fingerprint density at radius 1 is 1.05 bits per heavy atom. The number of carbonyl (C=O) groups is 1. The van der Waals surface area contributed by atoms with E-state index in [2.05, 4.69) is 21.7 Å². The van der Waals surface area contributed by atoms with Crippen molar-refractivity contribution in [2.75, 3.05) is 39.8 Å². The summed E-state index contributed by atoms with van der Waals surface area (Å²) in [5.41, 5.74) is 0. The van der Waals surface area contributed by atoms with E-state index in [1.807, 2.05) is 0 Å². The van der Waals surface area contributed by atoms with Crippen LogP contribution < -0.4 is 0 Å². The number of carboxylic acids is 1. The summed E-state index contributed by atoms with van der Waals surface area (Å²) in [6.07, 6.45) is 5.72. The summed E-state index contributed by atoms with van der Waals surface area (Å²) >= 11 is 0. The van der Waals surface area contributed by atoms with Crippen LogP contribution in [0.15, 0.2) is 0 Å². The number of nitrogens with zero attached hydrogens (tertiary/aromatic N) is 3. The Kier molecular flexibility index (Phi) is 4.29. The molecule has 5 nitrogen and oxygen atoms in total. The molecule has 2 unspecified atom stereocenters. The molecule has 0 aromatic heterocycles. The molecule has 5 heteroatoms. The minimum atomic E-state index is -0.681. The van der Waals surface area contributed by atoms with Gasteiger partial charge in [-0.2, -0.15) is 0 Å². The molecule has 3 saturated heterocycles. The quantitative estimate of drug-likeness (QED) is 0.822. The zero-order valence-corrected chi connectivity index (χ0v) is 12.5. The van der Waals surface area contributed by atoms with Crippen LogP contribution in [0.1, 0.15) is 32.1 Å². The van der Waals surface area contributed by atoms with E-state index in [0.29, 0.717) is 6.54 Å². The second-order valence-corrected chi connectivity index (χ2v) is 6.70. The van der Waals surface area contributed by atoms with Crippen molar-refractivity contribution in [1.82, 2.24) is 14.7 Å². The smallest absolute Gasteiger partial charge is 0.304 e. The number of aliphatic carboxylic acids is 1. The summed E-state index contributed by atoms with van der Waals surface area (Å²) < 4.78 is 0. The highest BCUT2D eigenvalue weighted by molar-refractivity contribution is 5.66. The number of rotatable bonds is 4. The maximum atomic E-state index is 10.6. The van der Waals surface area contributed by atoms with Crippen LogP contribution in [-0.2, 0) is 4.79 Å². The minimum Gasteiger partial charge on any atom is -0.481 e. The first-order valence-corrected chi connectivity index (χ1v) is 8.03. The average molecular weight is 281 g/mol. The number of piperazine rings is 1. The first-order chi connectivity index (χ1) is 9.63. The van der Waals surface area contributed by atoms with Gasteiger partial charge >= 0.3 is 5.97 Å². The Balaban J connectivity index is 1.46. The van der Waals surface area contributed by atoms with Gasteiger partial charge in [0.05, 0.1) is 6.42 Å². The van der Waals surface area contributed by atoms with Crippen molar-refractivity contribution in [1.29, 1.82) is 0 Å². The highest BCUT2D eigenvalue weighted by atomic mass is 16.4. The van der Waals surface area contributed by atoms with Gasteiger partial charge in [-0.05, 0) is 32.7 Å². The Bertz CT molecular complexity index is 341. The van der Waals surface area contributed by atoms with E-state index in [9.17, 15) is 4.79 Å². The molecule has 1 N–H and O–H groups in total. The predicted octanol–water partition coefficient (Wildman–Crippen LogP) is 0.704. The fourth-order valence-corrected chi connectivity index (χ4v) is 4.29. The van der Waals surface area contributed by atoms with Crippen LogP contribution in [0.25, 0.3) is 0 Å². The maximum Gasteiger partial charge on any atom is 0.304 e. The molecule has 2 bridgehead atoms. The predicted molar refractivity (Wildman–Crippen MR) is 77.9 cm³/mol. The summed E-state index contributed by atoms with van der Waals surface area (Å²) in [6.45, 7) is 5.02. The van der Waals surface area contributed by atoms with E-state index in [1.165, 1.54) is 25.7 Å². The lowest BCUT2D eigenvalue weighted by Gasteiger charge is -2.45. The van der Waals surface area contributed by atoms with Crippen molar-refractivity contribution in [2.24, 2.45) is 0 Å². The van der Waals surface area contributed by atoms with Gasteiger partial charge in [0.15, 0.2) is 0 Å². The highest BCUT2D eigenvalue weighted by Gasteiger charge is 2.40. The van der Waals surface area contributed by atoms with Crippen LogP contribution in [0, 0.1) is 0 Å². The van der Waals surface area contributed by atoms with Crippen molar-refractivity contribution >= 4 is 5.97 Å². The fraction of sp³-hybridized carbons (Fsp3) is 0.933. The standard InChI is InChI=1S/C15H27N3O2/c1-16-12-2-3-13(16)11-14(10-12)18-8-6-17(7-9-18)5-4-15(19)20/h12-14H,2-11H2,1H3,(H,19,20). The summed E-state index contributed by atoms with van der Waals surface area (Å²) in [7, 11) is 2.29. The molecule has 0 spiro atoms.